The maximum absolute atomic E-state index is 13.3. The summed E-state index contributed by atoms with van der Waals surface area (Å²) < 4.78 is 55.6. The van der Waals surface area contributed by atoms with Gasteiger partial charge in [-0.3, -0.25) is 0 Å². The first-order valence-corrected chi connectivity index (χ1v) is 12.7. The van der Waals surface area contributed by atoms with Gasteiger partial charge >= 0.3 is 0 Å². The number of rotatable bonds is 3. The van der Waals surface area contributed by atoms with Crippen LogP contribution in [0.15, 0.2) is 51.1 Å². The lowest BCUT2D eigenvalue weighted by molar-refractivity contribution is 0.427. The summed E-state index contributed by atoms with van der Waals surface area (Å²) >= 11 is 0. The Balaban J connectivity index is 1.87. The monoisotopic (exact) mass is 434 g/mol. The van der Waals surface area contributed by atoms with E-state index in [1.807, 2.05) is 26.0 Å². The summed E-state index contributed by atoms with van der Waals surface area (Å²) in [4.78, 5) is 0.363. The van der Waals surface area contributed by atoms with Gasteiger partial charge in [-0.25, -0.2) is 21.6 Å². The van der Waals surface area contributed by atoms with Crippen molar-refractivity contribution in [2.24, 2.45) is 0 Å². The van der Waals surface area contributed by atoms with Crippen molar-refractivity contribution >= 4 is 19.9 Å². The third kappa shape index (κ3) is 3.32. The molecular formula is C21H26N2O4S2. The van der Waals surface area contributed by atoms with Gasteiger partial charge in [0.25, 0.3) is 0 Å². The Labute approximate surface area is 172 Å². The first-order valence-electron chi connectivity index (χ1n) is 9.78. The molecule has 0 atom stereocenters. The molecule has 0 spiro atoms. The summed E-state index contributed by atoms with van der Waals surface area (Å²) in [6.07, 6.45) is 1.42. The second kappa shape index (κ2) is 6.91. The Hall–Kier alpha value is -1.74. The van der Waals surface area contributed by atoms with Crippen LogP contribution in [-0.4, -0.2) is 36.0 Å². The molecule has 1 fully saturated rings. The van der Waals surface area contributed by atoms with Crippen LogP contribution in [0.3, 0.4) is 0 Å². The molecule has 1 saturated heterocycles. The molecule has 0 radical (unpaired) electrons. The molecule has 29 heavy (non-hydrogen) atoms. The quantitative estimate of drug-likeness (QED) is 0.774. The molecule has 2 N–H and O–H groups in total. The van der Waals surface area contributed by atoms with Crippen molar-refractivity contribution in [2.75, 3.05) is 13.1 Å². The maximum atomic E-state index is 13.3. The molecule has 156 valence electrons. The standard InChI is InChI=1S/C21H26N2O4S2/c1-14-12-17-20(13-19(14)29(26,27)23-15-8-10-22-11-9-15)28(24,25)18-7-5-4-6-16(18)21(17,2)3/h4-7,12-13,15,22-23H,8-11H2,1-3H3. The minimum absolute atomic E-state index is 0.0357. The SMILES string of the molecule is Cc1cc2c(cc1S(=O)(=O)NC1CCNCC1)S(=O)(=O)c1ccccc1C2(C)C. The average molecular weight is 435 g/mol. The van der Waals surface area contributed by atoms with Gasteiger partial charge in [0.1, 0.15) is 0 Å². The Morgan fingerprint density at radius 1 is 1.03 bits per heavy atom. The first kappa shape index (κ1) is 20.5. The van der Waals surface area contributed by atoms with Gasteiger partial charge in [-0.2, -0.15) is 0 Å². The predicted octanol–water partition coefficient (Wildman–Crippen LogP) is 2.50. The van der Waals surface area contributed by atoms with E-state index in [0.29, 0.717) is 24.0 Å². The number of nitrogens with one attached hydrogen (secondary N) is 2. The van der Waals surface area contributed by atoms with E-state index < -0.39 is 25.3 Å². The number of hydrogen-bond donors (Lipinski definition) is 2. The Bertz CT molecular complexity index is 1180. The van der Waals surface area contributed by atoms with E-state index in [9.17, 15) is 16.8 Å². The van der Waals surface area contributed by atoms with Gasteiger partial charge in [-0.1, -0.05) is 38.1 Å². The van der Waals surface area contributed by atoms with E-state index in [2.05, 4.69) is 10.0 Å². The van der Waals surface area contributed by atoms with E-state index in [4.69, 9.17) is 0 Å². The number of aryl methyl sites for hydroxylation is 1. The fourth-order valence-electron chi connectivity index (χ4n) is 4.37. The van der Waals surface area contributed by atoms with Crippen molar-refractivity contribution in [1.29, 1.82) is 0 Å². The highest BCUT2D eigenvalue weighted by Crippen LogP contribution is 2.46. The molecule has 0 aromatic heterocycles. The molecule has 2 heterocycles. The van der Waals surface area contributed by atoms with Crippen molar-refractivity contribution in [3.05, 3.63) is 53.1 Å². The first-order chi connectivity index (χ1) is 13.5. The van der Waals surface area contributed by atoms with Crippen LogP contribution in [0, 0.1) is 6.92 Å². The Morgan fingerprint density at radius 3 is 2.38 bits per heavy atom. The molecule has 2 aromatic carbocycles. The minimum atomic E-state index is -3.83. The highest BCUT2D eigenvalue weighted by molar-refractivity contribution is 7.92. The number of benzene rings is 2. The zero-order valence-electron chi connectivity index (χ0n) is 16.8. The van der Waals surface area contributed by atoms with E-state index in [0.717, 1.165) is 18.7 Å². The van der Waals surface area contributed by atoms with Gasteiger partial charge in [0.05, 0.1) is 14.7 Å². The van der Waals surface area contributed by atoms with Crippen LogP contribution in [0.4, 0.5) is 0 Å². The molecule has 2 aliphatic rings. The van der Waals surface area contributed by atoms with E-state index in [-0.39, 0.29) is 20.7 Å². The van der Waals surface area contributed by atoms with Gasteiger partial charge in [-0.05, 0) is 61.7 Å². The summed E-state index contributed by atoms with van der Waals surface area (Å²) in [5.74, 6) is 0. The molecule has 0 unspecified atom stereocenters. The summed E-state index contributed by atoms with van der Waals surface area (Å²) in [7, 11) is -7.64. The van der Waals surface area contributed by atoms with Crippen molar-refractivity contribution in [2.45, 2.75) is 59.8 Å². The third-order valence-electron chi connectivity index (χ3n) is 6.04. The van der Waals surface area contributed by atoms with E-state index in [1.165, 1.54) is 6.07 Å². The summed E-state index contributed by atoms with van der Waals surface area (Å²) in [6.45, 7) is 7.19. The van der Waals surface area contributed by atoms with E-state index >= 15 is 0 Å². The Kier molecular flexibility index (Phi) is 4.89. The zero-order valence-corrected chi connectivity index (χ0v) is 18.5. The highest BCUT2D eigenvalue weighted by Gasteiger charge is 2.41. The lowest BCUT2D eigenvalue weighted by Crippen LogP contribution is -2.42. The molecular weight excluding hydrogens is 408 g/mol. The van der Waals surface area contributed by atoms with Gasteiger partial charge in [0.15, 0.2) is 0 Å². The van der Waals surface area contributed by atoms with Crippen molar-refractivity contribution in [3.8, 4) is 0 Å². The lowest BCUT2D eigenvalue weighted by Gasteiger charge is -2.35. The van der Waals surface area contributed by atoms with Gasteiger partial charge < -0.3 is 5.32 Å². The molecule has 0 saturated carbocycles. The Morgan fingerprint density at radius 2 is 1.69 bits per heavy atom. The van der Waals surface area contributed by atoms with Gasteiger partial charge in [0, 0.05) is 11.5 Å². The normalized spacial score (nSPS) is 20.7. The molecule has 4 rings (SSSR count). The predicted molar refractivity (Wildman–Crippen MR) is 111 cm³/mol. The van der Waals surface area contributed by atoms with Crippen LogP contribution in [0.2, 0.25) is 0 Å². The summed E-state index contributed by atoms with van der Waals surface area (Å²) in [5.41, 5.74) is 1.37. The molecule has 6 nitrogen and oxygen atoms in total. The number of piperidine rings is 1. The fourth-order valence-corrected chi connectivity index (χ4v) is 7.99. The topological polar surface area (TPSA) is 92.3 Å². The second-order valence-electron chi connectivity index (χ2n) is 8.38. The molecule has 0 aliphatic carbocycles. The van der Waals surface area contributed by atoms with Crippen molar-refractivity contribution in [1.82, 2.24) is 10.0 Å². The minimum Gasteiger partial charge on any atom is -0.317 e. The zero-order chi connectivity index (χ0) is 21.0. The van der Waals surface area contributed by atoms with Gasteiger partial charge in [-0.15, -0.1) is 0 Å². The van der Waals surface area contributed by atoms with Gasteiger partial charge in [0.2, 0.25) is 19.9 Å². The molecule has 0 bridgehead atoms. The van der Waals surface area contributed by atoms with Crippen molar-refractivity contribution < 1.29 is 16.8 Å². The summed E-state index contributed by atoms with van der Waals surface area (Å²) in [5, 5.41) is 3.21. The summed E-state index contributed by atoms with van der Waals surface area (Å²) in [6, 6.07) is 9.87. The van der Waals surface area contributed by atoms with Crippen LogP contribution < -0.4 is 10.0 Å². The molecule has 2 aromatic rings. The third-order valence-corrected chi connectivity index (χ3v) is 9.55. The van der Waals surface area contributed by atoms with E-state index in [1.54, 1.807) is 25.1 Å². The van der Waals surface area contributed by atoms with Crippen LogP contribution >= 0.6 is 0 Å². The largest absolute Gasteiger partial charge is 0.317 e. The lowest BCUT2D eigenvalue weighted by atomic mass is 9.77. The van der Waals surface area contributed by atoms with Crippen LogP contribution in [0.25, 0.3) is 0 Å². The smallest absolute Gasteiger partial charge is 0.241 e. The maximum Gasteiger partial charge on any atom is 0.241 e. The number of sulfonamides is 1. The highest BCUT2D eigenvalue weighted by atomic mass is 32.2. The van der Waals surface area contributed by atoms with Crippen LogP contribution in [-0.2, 0) is 25.3 Å². The van der Waals surface area contributed by atoms with Crippen LogP contribution in [0.1, 0.15) is 43.4 Å². The number of hydrogen-bond acceptors (Lipinski definition) is 5. The number of fused-ring (bicyclic) bond motifs is 2. The molecule has 0 amide bonds. The average Bonchev–Trinajstić information content (AvgIpc) is 2.67. The van der Waals surface area contributed by atoms with Crippen LogP contribution in [0.5, 0.6) is 0 Å². The molecule has 8 heteroatoms. The molecule has 2 aliphatic heterocycles. The fraction of sp³-hybridized carbons (Fsp3) is 0.429. The number of sulfone groups is 1. The van der Waals surface area contributed by atoms with Crippen molar-refractivity contribution in [3.63, 3.8) is 0 Å². The second-order valence-corrected chi connectivity index (χ2v) is 12.0.